The van der Waals surface area contributed by atoms with E-state index in [4.69, 9.17) is 9.97 Å². The predicted molar refractivity (Wildman–Crippen MR) is 125 cm³/mol. The molecule has 0 bridgehead atoms. The second kappa shape index (κ2) is 8.25. The maximum Gasteiger partial charge on any atom is 0.160 e. The van der Waals surface area contributed by atoms with Crippen molar-refractivity contribution in [3.63, 3.8) is 0 Å². The summed E-state index contributed by atoms with van der Waals surface area (Å²) < 4.78 is 0. The van der Waals surface area contributed by atoms with Crippen molar-refractivity contribution >= 4 is 0 Å². The number of nitrogens with zero attached hydrogens (tertiary/aromatic N) is 2. The minimum atomic E-state index is 0.227. The molecule has 5 rings (SSSR count). The molecule has 0 fully saturated rings. The van der Waals surface area contributed by atoms with Crippen molar-refractivity contribution in [3.8, 4) is 50.8 Å². The van der Waals surface area contributed by atoms with Crippen LogP contribution in [-0.4, -0.2) is 15.1 Å². The molecule has 3 heteroatoms. The summed E-state index contributed by atoms with van der Waals surface area (Å²) >= 11 is 0. The van der Waals surface area contributed by atoms with Gasteiger partial charge in [-0.2, -0.15) is 0 Å². The molecule has 0 spiro atoms. The van der Waals surface area contributed by atoms with Crippen LogP contribution in [0.3, 0.4) is 0 Å². The van der Waals surface area contributed by atoms with Gasteiger partial charge >= 0.3 is 0 Å². The third-order valence-corrected chi connectivity index (χ3v) is 5.21. The Bertz CT molecular complexity index is 1260. The Hall–Kier alpha value is -4.24. The van der Waals surface area contributed by atoms with Gasteiger partial charge in [-0.3, -0.25) is 0 Å². The topological polar surface area (TPSA) is 46.0 Å². The Labute approximate surface area is 181 Å². The lowest BCUT2D eigenvalue weighted by molar-refractivity contribution is 0.477. The zero-order chi connectivity index (χ0) is 21.0. The van der Waals surface area contributed by atoms with E-state index in [-0.39, 0.29) is 5.75 Å². The molecule has 5 aromatic rings. The number of hydrogen-bond donors (Lipinski definition) is 1. The smallest absolute Gasteiger partial charge is 0.160 e. The van der Waals surface area contributed by atoms with Crippen LogP contribution in [0.5, 0.6) is 5.75 Å². The molecule has 31 heavy (non-hydrogen) atoms. The summed E-state index contributed by atoms with van der Waals surface area (Å²) in [4.78, 5) is 9.63. The molecule has 1 heterocycles. The summed E-state index contributed by atoms with van der Waals surface area (Å²) in [5.74, 6) is 0.883. The van der Waals surface area contributed by atoms with Gasteiger partial charge in [0.25, 0.3) is 0 Å². The Morgan fingerprint density at radius 2 is 0.968 bits per heavy atom. The fourth-order valence-electron chi connectivity index (χ4n) is 3.62. The maximum absolute atomic E-state index is 10.7. The fraction of sp³-hybridized carbons (Fsp3) is 0. The molecule has 1 N–H and O–H groups in total. The maximum atomic E-state index is 10.7. The van der Waals surface area contributed by atoms with Crippen molar-refractivity contribution in [2.75, 3.05) is 0 Å². The molecule has 148 valence electrons. The average molecular weight is 400 g/mol. The highest BCUT2D eigenvalue weighted by Crippen LogP contribution is 2.34. The summed E-state index contributed by atoms with van der Waals surface area (Å²) in [6.45, 7) is 0. The second-order valence-corrected chi connectivity index (χ2v) is 7.29. The van der Waals surface area contributed by atoms with E-state index in [1.165, 1.54) is 0 Å². The molecule has 4 aromatic carbocycles. The van der Waals surface area contributed by atoms with E-state index in [9.17, 15) is 5.11 Å². The quantitative estimate of drug-likeness (QED) is 0.359. The van der Waals surface area contributed by atoms with Gasteiger partial charge in [-0.15, -0.1) is 0 Å². The van der Waals surface area contributed by atoms with E-state index in [0.717, 1.165) is 39.2 Å². The lowest BCUT2D eigenvalue weighted by atomic mass is 10.0. The molecule has 0 saturated heterocycles. The molecule has 1 aromatic heterocycles. The first-order valence-electron chi connectivity index (χ1n) is 10.2. The van der Waals surface area contributed by atoms with Crippen LogP contribution >= 0.6 is 0 Å². The molecule has 3 nitrogen and oxygen atoms in total. The van der Waals surface area contributed by atoms with Crippen molar-refractivity contribution in [2.24, 2.45) is 0 Å². The van der Waals surface area contributed by atoms with Crippen molar-refractivity contribution in [3.05, 3.63) is 115 Å². The third-order valence-electron chi connectivity index (χ3n) is 5.21. The monoisotopic (exact) mass is 400 g/mol. The predicted octanol–water partition coefficient (Wildman–Crippen LogP) is 6.85. The number of phenolic OH excluding ortho intramolecular Hbond substituents is 1. The van der Waals surface area contributed by atoms with Gasteiger partial charge in [0.2, 0.25) is 0 Å². The minimum Gasteiger partial charge on any atom is -0.507 e. The third kappa shape index (κ3) is 3.94. The molecule has 0 aliphatic heterocycles. The number of hydrogen-bond acceptors (Lipinski definition) is 3. The highest BCUT2D eigenvalue weighted by atomic mass is 16.3. The zero-order valence-electron chi connectivity index (χ0n) is 16.8. The molecule has 0 atom stereocenters. The van der Waals surface area contributed by atoms with Crippen LogP contribution < -0.4 is 0 Å². The van der Waals surface area contributed by atoms with E-state index in [2.05, 4.69) is 0 Å². The molecule has 0 aliphatic carbocycles. The highest BCUT2D eigenvalue weighted by Gasteiger charge is 2.12. The van der Waals surface area contributed by atoms with Crippen molar-refractivity contribution in [1.29, 1.82) is 0 Å². The first kappa shape index (κ1) is 18.8. The largest absolute Gasteiger partial charge is 0.507 e. The second-order valence-electron chi connectivity index (χ2n) is 7.29. The average Bonchev–Trinajstić information content (AvgIpc) is 2.85. The Morgan fingerprint density at radius 1 is 0.452 bits per heavy atom. The van der Waals surface area contributed by atoms with E-state index in [0.29, 0.717) is 5.82 Å². The van der Waals surface area contributed by atoms with E-state index < -0.39 is 0 Å². The fourth-order valence-corrected chi connectivity index (χ4v) is 3.62. The lowest BCUT2D eigenvalue weighted by Gasteiger charge is -2.11. The molecule has 0 saturated carbocycles. The number of aromatic hydroxyl groups is 1. The van der Waals surface area contributed by atoms with Crippen LogP contribution in [0.4, 0.5) is 0 Å². The first-order valence-corrected chi connectivity index (χ1v) is 10.2. The first-order chi connectivity index (χ1) is 15.3. The zero-order valence-corrected chi connectivity index (χ0v) is 16.8. The van der Waals surface area contributed by atoms with Gasteiger partial charge in [0, 0.05) is 22.3 Å². The Balaban J connectivity index is 1.64. The van der Waals surface area contributed by atoms with Crippen LogP contribution in [-0.2, 0) is 0 Å². The number of aromatic nitrogens is 2. The van der Waals surface area contributed by atoms with Gasteiger partial charge in [0.05, 0.1) is 11.4 Å². The molecule has 0 aliphatic rings. The SMILES string of the molecule is Oc1cc(-c2cc(-c3ccccc3)nc(-c3ccccc3)n2)ccc1-c1ccccc1. The molecule has 0 amide bonds. The normalized spacial score (nSPS) is 10.7. The van der Waals surface area contributed by atoms with E-state index >= 15 is 0 Å². The van der Waals surface area contributed by atoms with Crippen LogP contribution in [0.1, 0.15) is 0 Å². The highest BCUT2D eigenvalue weighted by molar-refractivity contribution is 5.77. The standard InChI is InChI=1S/C28H20N2O/c31-27-18-23(16-17-24(27)20-10-4-1-5-11-20)26-19-25(21-12-6-2-7-13-21)29-28(30-26)22-14-8-3-9-15-22/h1-19,31H. The summed E-state index contributed by atoms with van der Waals surface area (Å²) in [7, 11) is 0. The van der Waals surface area contributed by atoms with Crippen LogP contribution in [0.25, 0.3) is 45.0 Å². The molecule has 0 radical (unpaired) electrons. The number of phenols is 1. The number of benzene rings is 4. The van der Waals surface area contributed by atoms with Gasteiger partial charge in [-0.05, 0) is 23.8 Å². The van der Waals surface area contributed by atoms with Crippen LogP contribution in [0.2, 0.25) is 0 Å². The molecular formula is C28H20N2O. The summed E-state index contributed by atoms with van der Waals surface area (Å²) in [6, 6.07) is 37.6. The van der Waals surface area contributed by atoms with Gasteiger partial charge in [-0.25, -0.2) is 9.97 Å². The summed E-state index contributed by atoms with van der Waals surface area (Å²) in [5.41, 5.74) is 6.20. The Kier molecular flexibility index (Phi) is 4.99. The summed E-state index contributed by atoms with van der Waals surface area (Å²) in [6.07, 6.45) is 0. The van der Waals surface area contributed by atoms with E-state index in [1.807, 2.05) is 109 Å². The van der Waals surface area contributed by atoms with Gasteiger partial charge in [0.1, 0.15) is 5.75 Å². The summed E-state index contributed by atoms with van der Waals surface area (Å²) in [5, 5.41) is 10.7. The molecule has 0 unspecified atom stereocenters. The minimum absolute atomic E-state index is 0.227. The van der Waals surface area contributed by atoms with Crippen LogP contribution in [0, 0.1) is 0 Å². The lowest BCUT2D eigenvalue weighted by Crippen LogP contribution is -1.96. The van der Waals surface area contributed by atoms with Crippen molar-refractivity contribution < 1.29 is 5.11 Å². The molecular weight excluding hydrogens is 380 g/mol. The van der Waals surface area contributed by atoms with Gasteiger partial charge in [0.15, 0.2) is 5.82 Å². The van der Waals surface area contributed by atoms with Gasteiger partial charge in [-0.1, -0.05) is 97.1 Å². The van der Waals surface area contributed by atoms with E-state index in [1.54, 1.807) is 6.07 Å². The van der Waals surface area contributed by atoms with Crippen LogP contribution in [0.15, 0.2) is 115 Å². The van der Waals surface area contributed by atoms with Gasteiger partial charge < -0.3 is 5.11 Å². The van der Waals surface area contributed by atoms with Crippen molar-refractivity contribution in [1.82, 2.24) is 9.97 Å². The number of rotatable bonds is 4. The Morgan fingerprint density at radius 3 is 1.55 bits per heavy atom. The van der Waals surface area contributed by atoms with Crippen molar-refractivity contribution in [2.45, 2.75) is 0 Å².